The van der Waals surface area contributed by atoms with E-state index < -0.39 is 0 Å². The predicted octanol–water partition coefficient (Wildman–Crippen LogP) is 9.38. The standard InChI is InChI=1S/C42H37N5/c1-27-8-10-30(11-9-27)31-12-16-33(17-13-31)42(35-23-28-22-29(25-35)26-36(42)24-28)34-18-14-32(15-19-34)39-45-40(37-6-2-4-20-43-37)47-41(46-39)38-7-3-5-21-44-38/h2-21,28-29,35-36H,22-26H2,1H3. The van der Waals surface area contributed by atoms with Crippen molar-refractivity contribution in [1.29, 1.82) is 0 Å². The molecule has 0 N–H and O–H groups in total. The zero-order valence-corrected chi connectivity index (χ0v) is 26.6. The first-order chi connectivity index (χ1) is 23.1. The number of benzene rings is 3. The highest BCUT2D eigenvalue weighted by Gasteiger charge is 2.58. The van der Waals surface area contributed by atoms with Gasteiger partial charge >= 0.3 is 0 Å². The fourth-order valence-corrected chi connectivity index (χ4v) is 9.34. The number of aryl methyl sites for hydroxylation is 1. The third kappa shape index (κ3) is 4.88. The van der Waals surface area contributed by atoms with Gasteiger partial charge in [0.25, 0.3) is 0 Å². The average Bonchev–Trinajstić information content (AvgIpc) is 3.13. The SMILES string of the molecule is Cc1ccc(-c2ccc(C3(c4ccc(-c5nc(-c6ccccn6)nc(-c6ccccn6)n5)cc4)C4CC5CC(C4)CC3C5)cc2)cc1. The van der Waals surface area contributed by atoms with Crippen LogP contribution < -0.4 is 0 Å². The van der Waals surface area contributed by atoms with Crippen LogP contribution in [0.2, 0.25) is 0 Å². The van der Waals surface area contributed by atoms with Crippen LogP contribution in [0.4, 0.5) is 0 Å². The van der Waals surface area contributed by atoms with Crippen LogP contribution in [-0.2, 0) is 5.41 Å². The highest BCUT2D eigenvalue weighted by Crippen LogP contribution is 2.65. The van der Waals surface area contributed by atoms with E-state index in [1.54, 1.807) is 12.4 Å². The van der Waals surface area contributed by atoms with Crippen molar-refractivity contribution in [3.63, 3.8) is 0 Å². The van der Waals surface area contributed by atoms with Gasteiger partial charge in [-0.3, -0.25) is 9.97 Å². The van der Waals surface area contributed by atoms with Gasteiger partial charge in [-0.05, 0) is 109 Å². The molecule has 47 heavy (non-hydrogen) atoms. The summed E-state index contributed by atoms with van der Waals surface area (Å²) < 4.78 is 0. The second-order valence-corrected chi connectivity index (χ2v) is 13.9. The van der Waals surface area contributed by atoms with Gasteiger partial charge in [0, 0.05) is 23.4 Å². The van der Waals surface area contributed by atoms with E-state index in [0.29, 0.717) is 40.7 Å². The molecule has 4 aliphatic carbocycles. The Morgan fingerprint density at radius 3 is 1.38 bits per heavy atom. The summed E-state index contributed by atoms with van der Waals surface area (Å²) >= 11 is 0. The number of rotatable bonds is 6. The van der Waals surface area contributed by atoms with E-state index in [-0.39, 0.29) is 5.41 Å². The highest BCUT2D eigenvalue weighted by molar-refractivity contribution is 5.66. The Kier molecular flexibility index (Phi) is 6.81. The van der Waals surface area contributed by atoms with Gasteiger partial charge < -0.3 is 0 Å². The molecule has 6 aromatic rings. The van der Waals surface area contributed by atoms with Crippen LogP contribution in [0.25, 0.3) is 45.6 Å². The molecule has 4 aliphatic rings. The fraction of sp³-hybridized carbons (Fsp3) is 0.262. The molecular formula is C42H37N5. The molecule has 0 saturated heterocycles. The van der Waals surface area contributed by atoms with E-state index in [4.69, 9.17) is 15.0 Å². The van der Waals surface area contributed by atoms with Gasteiger partial charge in [-0.2, -0.15) is 0 Å². The van der Waals surface area contributed by atoms with Gasteiger partial charge in [-0.1, -0.05) is 90.5 Å². The summed E-state index contributed by atoms with van der Waals surface area (Å²) in [5.41, 5.74) is 9.18. The maximum absolute atomic E-state index is 4.92. The second-order valence-electron chi connectivity index (χ2n) is 13.9. The summed E-state index contributed by atoms with van der Waals surface area (Å²) in [5, 5.41) is 0. The molecule has 0 atom stereocenters. The summed E-state index contributed by atoms with van der Waals surface area (Å²) in [6.45, 7) is 2.15. The maximum Gasteiger partial charge on any atom is 0.182 e. The van der Waals surface area contributed by atoms with Crippen molar-refractivity contribution in [3.05, 3.63) is 138 Å². The first-order valence-corrected chi connectivity index (χ1v) is 17.0. The van der Waals surface area contributed by atoms with Gasteiger partial charge in [0.2, 0.25) is 0 Å². The Balaban J connectivity index is 1.13. The normalized spacial score (nSPS) is 24.4. The van der Waals surface area contributed by atoms with Crippen molar-refractivity contribution >= 4 is 0 Å². The summed E-state index contributed by atoms with van der Waals surface area (Å²) in [6.07, 6.45) is 10.3. The lowest BCUT2D eigenvalue weighted by Gasteiger charge is -2.62. The maximum atomic E-state index is 4.92. The monoisotopic (exact) mass is 611 g/mol. The largest absolute Gasteiger partial charge is 0.253 e. The molecule has 3 aromatic carbocycles. The number of hydrogen-bond acceptors (Lipinski definition) is 5. The molecule has 0 amide bonds. The van der Waals surface area contributed by atoms with E-state index in [1.165, 1.54) is 59.9 Å². The smallest absolute Gasteiger partial charge is 0.182 e. The van der Waals surface area contributed by atoms with Crippen molar-refractivity contribution in [2.45, 2.75) is 44.4 Å². The van der Waals surface area contributed by atoms with Crippen molar-refractivity contribution in [1.82, 2.24) is 24.9 Å². The Labute approximate surface area is 276 Å². The average molecular weight is 612 g/mol. The minimum absolute atomic E-state index is 0.0229. The van der Waals surface area contributed by atoms with Crippen LogP contribution in [0.1, 0.15) is 48.8 Å². The molecule has 3 heterocycles. The van der Waals surface area contributed by atoms with Crippen LogP contribution in [-0.4, -0.2) is 24.9 Å². The molecule has 0 radical (unpaired) electrons. The summed E-state index contributed by atoms with van der Waals surface area (Å²) in [4.78, 5) is 23.7. The Hall–Kier alpha value is -5.03. The molecule has 5 nitrogen and oxygen atoms in total. The lowest BCUT2D eigenvalue weighted by molar-refractivity contribution is -0.0418. The zero-order chi connectivity index (χ0) is 31.4. The number of aromatic nitrogens is 5. The zero-order valence-electron chi connectivity index (χ0n) is 26.6. The number of nitrogens with zero attached hydrogens (tertiary/aromatic N) is 5. The lowest BCUT2D eigenvalue weighted by Crippen LogP contribution is -2.56. The van der Waals surface area contributed by atoms with Gasteiger partial charge in [0.15, 0.2) is 17.5 Å². The van der Waals surface area contributed by atoms with Crippen molar-refractivity contribution < 1.29 is 0 Å². The molecule has 4 bridgehead atoms. The first-order valence-electron chi connectivity index (χ1n) is 17.0. The Bertz CT molecular complexity index is 1940. The van der Waals surface area contributed by atoms with Crippen LogP contribution in [0.15, 0.2) is 122 Å². The highest BCUT2D eigenvalue weighted by atomic mass is 15.1. The number of pyridine rings is 2. The van der Waals surface area contributed by atoms with E-state index in [0.717, 1.165) is 17.4 Å². The van der Waals surface area contributed by atoms with Crippen molar-refractivity contribution in [3.8, 4) is 45.6 Å². The predicted molar refractivity (Wildman–Crippen MR) is 186 cm³/mol. The van der Waals surface area contributed by atoms with E-state index in [1.807, 2.05) is 36.4 Å². The third-order valence-electron chi connectivity index (χ3n) is 11.2. The summed E-state index contributed by atoms with van der Waals surface area (Å²) in [5.74, 6) is 4.83. The van der Waals surface area contributed by atoms with Crippen LogP contribution in [0, 0.1) is 30.6 Å². The minimum atomic E-state index is 0.0229. The minimum Gasteiger partial charge on any atom is -0.253 e. The molecule has 3 aromatic heterocycles. The van der Waals surface area contributed by atoms with Crippen molar-refractivity contribution in [2.75, 3.05) is 0 Å². The van der Waals surface area contributed by atoms with Crippen molar-refractivity contribution in [2.24, 2.45) is 23.7 Å². The summed E-state index contributed by atoms with van der Waals surface area (Å²) in [6, 6.07) is 39.2. The van der Waals surface area contributed by atoms with Crippen LogP contribution in [0.3, 0.4) is 0 Å². The fourth-order valence-electron chi connectivity index (χ4n) is 9.34. The molecule has 0 aliphatic heterocycles. The van der Waals surface area contributed by atoms with Gasteiger partial charge in [0.05, 0.1) is 0 Å². The van der Waals surface area contributed by atoms with E-state index >= 15 is 0 Å². The Morgan fingerprint density at radius 1 is 0.468 bits per heavy atom. The first kappa shape index (κ1) is 28.2. The molecule has 0 spiro atoms. The molecule has 0 unspecified atom stereocenters. The molecule has 230 valence electrons. The Morgan fingerprint density at radius 2 is 0.915 bits per heavy atom. The molecular weight excluding hydrogens is 574 g/mol. The quantitative estimate of drug-likeness (QED) is 0.188. The lowest BCUT2D eigenvalue weighted by atomic mass is 9.42. The van der Waals surface area contributed by atoms with E-state index in [9.17, 15) is 0 Å². The van der Waals surface area contributed by atoms with Crippen LogP contribution in [0.5, 0.6) is 0 Å². The van der Waals surface area contributed by atoms with Gasteiger partial charge in [0.1, 0.15) is 11.4 Å². The molecule has 10 rings (SSSR count). The number of hydrogen-bond donors (Lipinski definition) is 0. The third-order valence-corrected chi connectivity index (χ3v) is 11.2. The summed E-state index contributed by atoms with van der Waals surface area (Å²) in [7, 11) is 0. The molecule has 5 heteroatoms. The molecule has 4 saturated carbocycles. The van der Waals surface area contributed by atoms with Gasteiger partial charge in [-0.15, -0.1) is 0 Å². The van der Waals surface area contributed by atoms with E-state index in [2.05, 4.69) is 89.7 Å². The van der Waals surface area contributed by atoms with Crippen LogP contribution >= 0.6 is 0 Å². The second kappa shape index (κ2) is 11.3. The van der Waals surface area contributed by atoms with Gasteiger partial charge in [-0.25, -0.2) is 15.0 Å². The molecule has 4 fully saturated rings. The topological polar surface area (TPSA) is 64.5 Å².